The molecule has 16 heavy (non-hydrogen) atoms. The first-order valence-electron chi connectivity index (χ1n) is 5.42. The number of rotatable bonds is 5. The zero-order valence-electron chi connectivity index (χ0n) is 10.1. The van der Waals surface area contributed by atoms with Gasteiger partial charge in [-0.15, -0.1) is 6.58 Å². The molecule has 0 spiro atoms. The minimum absolute atomic E-state index is 0.882. The van der Waals surface area contributed by atoms with Gasteiger partial charge in [-0.1, -0.05) is 36.9 Å². The van der Waals surface area contributed by atoms with E-state index in [0.29, 0.717) is 0 Å². The lowest BCUT2D eigenvalue weighted by Gasteiger charge is -2.22. The van der Waals surface area contributed by atoms with E-state index in [4.69, 9.17) is 0 Å². The lowest BCUT2D eigenvalue weighted by Crippen LogP contribution is -2.16. The molecule has 1 heteroatoms. The first kappa shape index (κ1) is 12.3. The van der Waals surface area contributed by atoms with Crippen LogP contribution in [0.15, 0.2) is 66.9 Å². The monoisotopic (exact) mass is 213 g/mol. The second-order valence-corrected chi connectivity index (χ2v) is 3.75. The first-order chi connectivity index (χ1) is 7.66. The lowest BCUT2D eigenvalue weighted by molar-refractivity contribution is 1.09. The van der Waals surface area contributed by atoms with E-state index < -0.39 is 0 Å². The summed E-state index contributed by atoms with van der Waals surface area (Å²) < 4.78 is 0. The van der Waals surface area contributed by atoms with Crippen LogP contribution in [0.4, 0.5) is 5.69 Å². The highest BCUT2D eigenvalue weighted by atomic mass is 15.1. The molecule has 0 saturated carbocycles. The highest BCUT2D eigenvalue weighted by Gasteiger charge is 2.05. The second kappa shape index (κ2) is 5.96. The Morgan fingerprint density at radius 1 is 1.31 bits per heavy atom. The van der Waals surface area contributed by atoms with E-state index in [-0.39, 0.29) is 0 Å². The Morgan fingerprint density at radius 3 is 2.50 bits per heavy atom. The van der Waals surface area contributed by atoms with E-state index in [1.807, 2.05) is 31.3 Å². The van der Waals surface area contributed by atoms with Crippen molar-refractivity contribution in [1.82, 2.24) is 0 Å². The largest absolute Gasteiger partial charge is 0.345 e. The molecule has 0 aliphatic heterocycles. The number of hydrogen-bond donors (Lipinski definition) is 0. The molecule has 0 aliphatic carbocycles. The zero-order valence-corrected chi connectivity index (χ0v) is 10.1. The Kier molecular flexibility index (Phi) is 4.59. The number of allylic oxidation sites excluding steroid dienone is 3. The number of hydrogen-bond acceptors (Lipinski definition) is 1. The summed E-state index contributed by atoms with van der Waals surface area (Å²) in [5.41, 5.74) is 3.36. The first-order valence-corrected chi connectivity index (χ1v) is 5.42. The minimum Gasteiger partial charge on any atom is -0.345 e. The van der Waals surface area contributed by atoms with Gasteiger partial charge in [-0.05, 0) is 31.1 Å². The molecule has 0 saturated heterocycles. The van der Waals surface area contributed by atoms with E-state index in [1.165, 1.54) is 5.57 Å². The van der Waals surface area contributed by atoms with Crippen molar-refractivity contribution in [2.45, 2.75) is 13.3 Å². The number of anilines is 1. The van der Waals surface area contributed by atoms with E-state index in [9.17, 15) is 0 Å². The molecule has 0 radical (unpaired) electrons. The van der Waals surface area contributed by atoms with E-state index in [1.54, 1.807) is 0 Å². The number of nitrogens with zero attached hydrogens (tertiary/aromatic N) is 1. The van der Waals surface area contributed by atoms with E-state index in [0.717, 1.165) is 17.8 Å². The molecule has 0 amide bonds. The van der Waals surface area contributed by atoms with E-state index >= 15 is 0 Å². The molecule has 0 N–H and O–H groups in total. The van der Waals surface area contributed by atoms with Crippen molar-refractivity contribution < 1.29 is 0 Å². The van der Waals surface area contributed by atoms with E-state index in [2.05, 4.69) is 43.2 Å². The molecule has 0 aromatic heterocycles. The summed E-state index contributed by atoms with van der Waals surface area (Å²) in [7, 11) is 2.03. The Morgan fingerprint density at radius 2 is 1.94 bits per heavy atom. The van der Waals surface area contributed by atoms with Crippen LogP contribution in [0.3, 0.4) is 0 Å². The summed E-state index contributed by atoms with van der Waals surface area (Å²) in [6.07, 6.45) is 4.90. The molecule has 0 heterocycles. The molecule has 0 atom stereocenters. The molecule has 1 aromatic rings. The lowest BCUT2D eigenvalue weighted by atomic mass is 10.1. The summed E-state index contributed by atoms with van der Waals surface area (Å²) >= 11 is 0. The maximum Gasteiger partial charge on any atom is 0.0407 e. The van der Waals surface area contributed by atoms with Gasteiger partial charge >= 0.3 is 0 Å². The van der Waals surface area contributed by atoms with Gasteiger partial charge in [-0.2, -0.15) is 0 Å². The maximum atomic E-state index is 4.11. The van der Waals surface area contributed by atoms with Crippen LogP contribution in [0.1, 0.15) is 13.3 Å². The minimum atomic E-state index is 0.882. The topological polar surface area (TPSA) is 3.24 Å². The van der Waals surface area contributed by atoms with Crippen molar-refractivity contribution in [2.24, 2.45) is 0 Å². The molecule has 1 aromatic carbocycles. The molecular formula is C15H19N. The van der Waals surface area contributed by atoms with Crippen LogP contribution in [0.2, 0.25) is 0 Å². The summed E-state index contributed by atoms with van der Waals surface area (Å²) in [6, 6.07) is 10.2. The van der Waals surface area contributed by atoms with Crippen LogP contribution in [0, 0.1) is 0 Å². The van der Waals surface area contributed by atoms with Gasteiger partial charge in [0.25, 0.3) is 0 Å². The molecule has 0 bridgehead atoms. The number of para-hydroxylation sites is 1. The summed E-state index contributed by atoms with van der Waals surface area (Å²) in [6.45, 7) is 9.89. The second-order valence-electron chi connectivity index (χ2n) is 3.75. The van der Waals surface area contributed by atoms with Gasteiger partial charge in [0, 0.05) is 18.4 Å². The molecule has 1 rings (SSSR count). The number of benzene rings is 1. The quantitative estimate of drug-likeness (QED) is 0.524. The Hall–Kier alpha value is -1.76. The summed E-state index contributed by atoms with van der Waals surface area (Å²) in [5, 5.41) is 0. The maximum absolute atomic E-state index is 4.11. The highest BCUT2D eigenvalue weighted by molar-refractivity contribution is 5.54. The van der Waals surface area contributed by atoms with Crippen LogP contribution in [-0.4, -0.2) is 7.05 Å². The Bertz CT molecular complexity index is 387. The summed E-state index contributed by atoms with van der Waals surface area (Å²) in [5.74, 6) is 0. The Balaban J connectivity index is 2.79. The van der Waals surface area contributed by atoms with Gasteiger partial charge in [0.1, 0.15) is 0 Å². The highest BCUT2D eigenvalue weighted by Crippen LogP contribution is 2.20. The van der Waals surface area contributed by atoms with Crippen LogP contribution in [0.25, 0.3) is 0 Å². The fourth-order valence-corrected chi connectivity index (χ4v) is 1.45. The number of likely N-dealkylation sites (N-methyl/N-ethyl adjacent to an activating group) is 1. The average molecular weight is 213 g/mol. The predicted octanol–water partition coefficient (Wildman–Crippen LogP) is 4.16. The molecule has 84 valence electrons. The van der Waals surface area contributed by atoms with Crippen molar-refractivity contribution in [2.75, 3.05) is 11.9 Å². The van der Waals surface area contributed by atoms with Crippen LogP contribution < -0.4 is 4.90 Å². The predicted molar refractivity (Wildman–Crippen MR) is 72.6 cm³/mol. The third-order valence-corrected chi connectivity index (χ3v) is 2.59. The van der Waals surface area contributed by atoms with Crippen LogP contribution in [-0.2, 0) is 0 Å². The smallest absolute Gasteiger partial charge is 0.0407 e. The molecule has 0 aliphatic rings. The van der Waals surface area contributed by atoms with Gasteiger partial charge in [-0.25, -0.2) is 0 Å². The summed E-state index contributed by atoms with van der Waals surface area (Å²) in [4.78, 5) is 2.09. The standard InChI is InChI=1S/C15H19N/c1-5-6-10-13(2)14(3)16(4)15-11-8-7-9-12-15/h5,7-12H,1,3,6H2,2,4H3/b13-10+. The molecule has 1 nitrogen and oxygen atoms in total. The van der Waals surface area contributed by atoms with Gasteiger partial charge < -0.3 is 4.90 Å². The SMILES string of the molecule is C=CC/C=C(\C)C(=C)N(C)c1ccccc1. The van der Waals surface area contributed by atoms with Crippen molar-refractivity contribution in [3.8, 4) is 0 Å². The third kappa shape index (κ3) is 3.13. The van der Waals surface area contributed by atoms with Gasteiger partial charge in [0.15, 0.2) is 0 Å². The third-order valence-electron chi connectivity index (χ3n) is 2.59. The van der Waals surface area contributed by atoms with Crippen molar-refractivity contribution in [3.05, 3.63) is 66.9 Å². The normalized spacial score (nSPS) is 11.0. The van der Waals surface area contributed by atoms with Gasteiger partial charge in [0.2, 0.25) is 0 Å². The fourth-order valence-electron chi connectivity index (χ4n) is 1.45. The van der Waals surface area contributed by atoms with Crippen molar-refractivity contribution in [3.63, 3.8) is 0 Å². The zero-order chi connectivity index (χ0) is 12.0. The molecule has 0 fully saturated rings. The average Bonchev–Trinajstić information content (AvgIpc) is 2.35. The van der Waals surface area contributed by atoms with Crippen LogP contribution >= 0.6 is 0 Å². The molecular weight excluding hydrogens is 194 g/mol. The van der Waals surface area contributed by atoms with Crippen molar-refractivity contribution >= 4 is 5.69 Å². The Labute approximate surface area is 98.4 Å². The van der Waals surface area contributed by atoms with Crippen molar-refractivity contribution in [1.29, 1.82) is 0 Å². The van der Waals surface area contributed by atoms with Crippen LogP contribution in [0.5, 0.6) is 0 Å². The molecule has 0 unspecified atom stereocenters. The van der Waals surface area contributed by atoms with Gasteiger partial charge in [-0.3, -0.25) is 0 Å². The fraction of sp³-hybridized carbons (Fsp3) is 0.200. The van der Waals surface area contributed by atoms with Gasteiger partial charge in [0.05, 0.1) is 0 Å².